The summed E-state index contributed by atoms with van der Waals surface area (Å²) < 4.78 is 23.5. The van der Waals surface area contributed by atoms with Crippen LogP contribution in [0.2, 0.25) is 0 Å². The lowest BCUT2D eigenvalue weighted by molar-refractivity contribution is -0.327. The Bertz CT molecular complexity index is 1210. The van der Waals surface area contributed by atoms with E-state index in [2.05, 4.69) is 13.5 Å². The maximum atomic E-state index is 14.0. The van der Waals surface area contributed by atoms with E-state index >= 15 is 0 Å². The van der Waals surface area contributed by atoms with Crippen molar-refractivity contribution in [1.29, 1.82) is 0 Å². The smallest absolute Gasteiger partial charge is 0.315 e. The van der Waals surface area contributed by atoms with E-state index in [4.69, 9.17) is 18.9 Å². The van der Waals surface area contributed by atoms with Gasteiger partial charge in [-0.25, -0.2) is 0 Å². The molecular formula is C32H48O13. The second-order valence-corrected chi connectivity index (χ2v) is 15.4. The van der Waals surface area contributed by atoms with Crippen LogP contribution in [0.3, 0.4) is 0 Å². The lowest BCUT2D eigenvalue weighted by atomic mass is 9.42. The molecule has 0 radical (unpaired) electrons. The first-order chi connectivity index (χ1) is 21.2. The number of hydrogen-bond acceptors (Lipinski definition) is 13. The molecule has 8 N–H and O–H groups in total. The van der Waals surface area contributed by atoms with Crippen molar-refractivity contribution in [2.45, 2.75) is 138 Å². The van der Waals surface area contributed by atoms with Crippen LogP contribution in [0.5, 0.6) is 0 Å². The van der Waals surface area contributed by atoms with Crippen LogP contribution in [0.15, 0.2) is 12.2 Å². The van der Waals surface area contributed by atoms with E-state index < -0.39 is 91.6 Å². The number of esters is 1. The van der Waals surface area contributed by atoms with Crippen molar-refractivity contribution in [2.24, 2.45) is 27.6 Å². The summed E-state index contributed by atoms with van der Waals surface area (Å²) >= 11 is 0. The van der Waals surface area contributed by atoms with Crippen molar-refractivity contribution in [3.63, 3.8) is 0 Å². The molecule has 7 fully saturated rings. The molecule has 0 amide bonds. The van der Waals surface area contributed by atoms with E-state index in [1.807, 2.05) is 0 Å². The molecule has 2 spiro atoms. The number of ether oxygens (including phenoxy) is 4. The Morgan fingerprint density at radius 1 is 0.822 bits per heavy atom. The molecule has 2 aliphatic heterocycles. The van der Waals surface area contributed by atoms with Gasteiger partial charge in [0, 0.05) is 0 Å². The lowest BCUT2D eigenvalue weighted by Gasteiger charge is -2.62. The minimum atomic E-state index is -1.65. The average molecular weight is 641 g/mol. The van der Waals surface area contributed by atoms with Crippen molar-refractivity contribution in [1.82, 2.24) is 0 Å². The van der Waals surface area contributed by atoms with Crippen molar-refractivity contribution >= 4 is 5.97 Å². The zero-order valence-corrected chi connectivity index (χ0v) is 25.7. The van der Waals surface area contributed by atoms with Crippen LogP contribution in [0.1, 0.15) is 71.1 Å². The molecule has 2 bridgehead atoms. The molecule has 45 heavy (non-hydrogen) atoms. The molecule has 16 atom stereocenters. The molecule has 4 unspecified atom stereocenters. The third kappa shape index (κ3) is 4.22. The van der Waals surface area contributed by atoms with Gasteiger partial charge < -0.3 is 59.8 Å². The standard InChI is InChI=1S/C32H48O13/c1-15-10-29-8-9-32-14-30(32,27(41)44-25-23(39)21(37)19(35)16(11-33)42-25)6-3-5-28(32,2)18(29)4-7-31(15,13-29)45-26-24(40)22(38)20(36)17(12-34)43-26/h16-26,33-40H,1,3-14H2,2H3/t16?,17-,18+,19-,20?,21?,22?,23+,24-,25+,26+,28+,29-,30-,31+,32-/m1/s1. The second-order valence-electron chi connectivity index (χ2n) is 15.4. The largest absolute Gasteiger partial charge is 0.432 e. The highest BCUT2D eigenvalue weighted by atomic mass is 16.7. The van der Waals surface area contributed by atoms with Crippen LogP contribution < -0.4 is 0 Å². The molecule has 0 aromatic carbocycles. The molecule has 2 heterocycles. The summed E-state index contributed by atoms with van der Waals surface area (Å²) in [5, 5.41) is 81.5. The molecule has 5 aliphatic carbocycles. The maximum Gasteiger partial charge on any atom is 0.315 e. The van der Waals surface area contributed by atoms with Gasteiger partial charge >= 0.3 is 5.97 Å². The van der Waals surface area contributed by atoms with Gasteiger partial charge in [0.2, 0.25) is 6.29 Å². The molecule has 13 nitrogen and oxygen atoms in total. The molecule has 7 rings (SSSR count). The highest BCUT2D eigenvalue weighted by Gasteiger charge is 2.84. The Kier molecular flexibility index (Phi) is 7.64. The summed E-state index contributed by atoms with van der Waals surface area (Å²) in [6.45, 7) is 5.57. The SMILES string of the molecule is C=C1C[C@@]23CC[C@]45C[C@@]4(C(=O)O[C@@H]4OC(CO)[C@@H](O)C(O)[C@@H]4O)CCC[C@@]5(C)[C@@H]2CC[C@]1(O[C@@H]1O[C@H](CO)C(O)C(O)[C@H]1O)C3. The molecule has 13 heteroatoms. The number of carbonyl (C=O) groups is 1. The molecule has 0 aromatic heterocycles. The zero-order chi connectivity index (χ0) is 32.3. The Labute approximate surface area is 261 Å². The number of rotatable bonds is 6. The first kappa shape index (κ1) is 32.3. The Morgan fingerprint density at radius 2 is 1.44 bits per heavy atom. The van der Waals surface area contributed by atoms with E-state index in [-0.39, 0.29) is 22.2 Å². The molecule has 7 aliphatic rings. The fourth-order valence-electron chi connectivity index (χ4n) is 11.3. The number of fused-ring (bicyclic) bond motifs is 2. The summed E-state index contributed by atoms with van der Waals surface area (Å²) in [5.74, 6) is -0.215. The van der Waals surface area contributed by atoms with Crippen LogP contribution >= 0.6 is 0 Å². The van der Waals surface area contributed by atoms with Crippen molar-refractivity contribution in [2.75, 3.05) is 13.2 Å². The topological polar surface area (TPSA) is 216 Å². The van der Waals surface area contributed by atoms with E-state index in [9.17, 15) is 45.6 Å². The number of hydrogen-bond donors (Lipinski definition) is 8. The van der Waals surface area contributed by atoms with Gasteiger partial charge in [0.1, 0.15) is 48.8 Å². The Hall–Kier alpha value is -1.23. The van der Waals surface area contributed by atoms with Crippen molar-refractivity contribution in [3.05, 3.63) is 12.2 Å². The predicted molar refractivity (Wildman–Crippen MR) is 152 cm³/mol. The van der Waals surface area contributed by atoms with Gasteiger partial charge in [-0.05, 0) is 85.5 Å². The highest BCUT2D eigenvalue weighted by Crippen LogP contribution is 2.87. The van der Waals surface area contributed by atoms with Crippen LogP contribution in [-0.4, -0.2) is 127 Å². The van der Waals surface area contributed by atoms with Crippen LogP contribution in [-0.2, 0) is 23.7 Å². The van der Waals surface area contributed by atoms with E-state index in [0.29, 0.717) is 25.7 Å². The zero-order valence-electron chi connectivity index (χ0n) is 25.7. The first-order valence-electron chi connectivity index (χ1n) is 16.4. The number of aliphatic hydroxyl groups is 8. The Morgan fingerprint density at radius 3 is 2.09 bits per heavy atom. The predicted octanol–water partition coefficient (Wildman–Crippen LogP) is -1.01. The Balaban J connectivity index is 1.10. The van der Waals surface area contributed by atoms with Crippen LogP contribution in [0.25, 0.3) is 0 Å². The molecule has 254 valence electrons. The van der Waals surface area contributed by atoms with Gasteiger partial charge in [-0.15, -0.1) is 0 Å². The number of aliphatic hydroxyl groups excluding tert-OH is 8. The van der Waals surface area contributed by atoms with Gasteiger partial charge in [-0.3, -0.25) is 4.79 Å². The van der Waals surface area contributed by atoms with Crippen molar-refractivity contribution in [3.8, 4) is 0 Å². The summed E-state index contributed by atoms with van der Waals surface area (Å²) in [6, 6.07) is 0. The maximum absolute atomic E-state index is 14.0. The van der Waals surface area contributed by atoms with Gasteiger partial charge in [-0.1, -0.05) is 19.9 Å². The van der Waals surface area contributed by atoms with Gasteiger partial charge in [0.15, 0.2) is 6.29 Å². The van der Waals surface area contributed by atoms with Gasteiger partial charge in [0.05, 0.1) is 24.2 Å². The third-order valence-electron chi connectivity index (χ3n) is 13.7. The number of carbonyl (C=O) groups excluding carboxylic acids is 1. The monoisotopic (exact) mass is 640 g/mol. The third-order valence-corrected chi connectivity index (χ3v) is 13.7. The first-order valence-corrected chi connectivity index (χ1v) is 16.4. The second kappa shape index (κ2) is 10.6. The average Bonchev–Trinajstić information content (AvgIpc) is 3.67. The van der Waals surface area contributed by atoms with Crippen molar-refractivity contribution < 1.29 is 64.6 Å². The summed E-state index contributed by atoms with van der Waals surface area (Å²) in [7, 11) is 0. The normalized spacial score (nSPS) is 57.0. The molecule has 2 saturated heterocycles. The van der Waals surface area contributed by atoms with E-state index in [1.165, 1.54) is 0 Å². The fourth-order valence-corrected chi connectivity index (χ4v) is 11.3. The summed E-state index contributed by atoms with van der Waals surface area (Å²) in [4.78, 5) is 14.0. The summed E-state index contributed by atoms with van der Waals surface area (Å²) in [6.07, 6.45) is -6.80. The lowest BCUT2D eigenvalue weighted by Crippen LogP contribution is -2.62. The molecule has 5 saturated carbocycles. The minimum absolute atomic E-state index is 0.143. The molecular weight excluding hydrogens is 592 g/mol. The molecule has 0 aromatic rings. The summed E-state index contributed by atoms with van der Waals surface area (Å²) in [5.41, 5.74) is -1.28. The van der Waals surface area contributed by atoms with Crippen LogP contribution in [0.4, 0.5) is 0 Å². The van der Waals surface area contributed by atoms with E-state index in [1.54, 1.807) is 0 Å². The highest BCUT2D eigenvalue weighted by molar-refractivity contribution is 5.83. The fraction of sp³-hybridized carbons (Fsp3) is 0.906. The van der Waals surface area contributed by atoms with Gasteiger partial charge in [0.25, 0.3) is 0 Å². The van der Waals surface area contributed by atoms with Crippen LogP contribution in [0, 0.1) is 27.6 Å². The minimum Gasteiger partial charge on any atom is -0.432 e. The quantitative estimate of drug-likeness (QED) is 0.0994. The van der Waals surface area contributed by atoms with E-state index in [0.717, 1.165) is 44.1 Å². The van der Waals surface area contributed by atoms with Gasteiger partial charge in [-0.2, -0.15) is 0 Å².